The molecule has 1 saturated heterocycles. The van der Waals surface area contributed by atoms with Crippen molar-refractivity contribution in [1.82, 2.24) is 5.31 Å². The lowest BCUT2D eigenvalue weighted by Crippen LogP contribution is -2.17. The predicted octanol–water partition coefficient (Wildman–Crippen LogP) is 3.80. The van der Waals surface area contributed by atoms with Gasteiger partial charge in [-0.25, -0.2) is 0 Å². The second-order valence-corrected chi connectivity index (χ2v) is 6.07. The summed E-state index contributed by atoms with van der Waals surface area (Å²) < 4.78 is 18.5. The van der Waals surface area contributed by atoms with Crippen LogP contribution in [0.15, 0.2) is 48.5 Å². The fourth-order valence-electron chi connectivity index (χ4n) is 3.14. The maximum absolute atomic E-state index is 8.57. The third-order valence-corrected chi connectivity index (χ3v) is 4.60. The molecule has 0 radical (unpaired) electrons. The molecule has 0 saturated carbocycles. The van der Waals surface area contributed by atoms with Crippen LogP contribution in [0.2, 0.25) is 1.41 Å². The summed E-state index contributed by atoms with van der Waals surface area (Å²) in [7, 11) is 2.98. The Morgan fingerprint density at radius 1 is 0.840 bits per heavy atom. The first-order valence-electron chi connectivity index (χ1n) is 8.72. The van der Waals surface area contributed by atoms with Crippen molar-refractivity contribution in [3.8, 4) is 0 Å². The number of ether oxygens (including phenoxy) is 2. The van der Waals surface area contributed by atoms with Gasteiger partial charge in [-0.3, -0.25) is 10.8 Å². The monoisotopic (exact) mass is 338 g/mol. The molecule has 1 aliphatic heterocycles. The summed E-state index contributed by atoms with van der Waals surface area (Å²) in [4.78, 5) is 0. The number of hydrogen-bond donors (Lipinski definition) is 3. The van der Waals surface area contributed by atoms with Crippen LogP contribution < -0.4 is 5.31 Å². The van der Waals surface area contributed by atoms with E-state index < -0.39 is 0 Å². The molecule has 1 heterocycles. The Morgan fingerprint density at radius 3 is 1.52 bits per heavy atom. The molecule has 0 bridgehead atoms. The Labute approximate surface area is 149 Å². The zero-order valence-corrected chi connectivity index (χ0v) is 14.5. The van der Waals surface area contributed by atoms with Crippen LogP contribution >= 0.6 is 0 Å². The molecule has 2 aromatic rings. The number of rotatable bonds is 4. The first kappa shape index (κ1) is 15.8. The minimum atomic E-state index is 0.0303. The largest absolute Gasteiger partial charge is 0.481 e. The molecular formula is C20H23N3O2. The third-order valence-electron chi connectivity index (χ3n) is 4.60. The first-order valence-corrected chi connectivity index (χ1v) is 8.28. The van der Waals surface area contributed by atoms with Crippen molar-refractivity contribution < 1.29 is 10.9 Å². The summed E-state index contributed by atoms with van der Waals surface area (Å²) in [5.74, 6) is 0.288. The van der Waals surface area contributed by atoms with E-state index in [1.54, 1.807) is 5.31 Å². The van der Waals surface area contributed by atoms with Crippen molar-refractivity contribution in [3.05, 3.63) is 70.8 Å². The Bertz CT molecular complexity index is 722. The van der Waals surface area contributed by atoms with Gasteiger partial charge < -0.3 is 14.8 Å². The maximum Gasteiger partial charge on any atom is 0.212 e. The van der Waals surface area contributed by atoms with E-state index in [0.717, 1.165) is 35.1 Å². The van der Waals surface area contributed by atoms with Gasteiger partial charge in [0.25, 0.3) is 0 Å². The summed E-state index contributed by atoms with van der Waals surface area (Å²) in [6.45, 7) is 0. The van der Waals surface area contributed by atoms with Crippen LogP contribution in [0.5, 0.6) is 0 Å². The van der Waals surface area contributed by atoms with Crippen molar-refractivity contribution in [1.29, 1.82) is 10.8 Å². The van der Waals surface area contributed by atoms with E-state index in [-0.39, 0.29) is 23.9 Å². The molecular weight excluding hydrogens is 314 g/mol. The first-order chi connectivity index (χ1) is 12.5. The molecule has 3 N–H and O–H groups in total. The second kappa shape index (κ2) is 7.49. The van der Waals surface area contributed by atoms with E-state index in [9.17, 15) is 0 Å². The molecule has 2 unspecified atom stereocenters. The molecule has 25 heavy (non-hydrogen) atoms. The van der Waals surface area contributed by atoms with Crippen molar-refractivity contribution >= 4 is 11.8 Å². The molecule has 0 aliphatic carbocycles. The molecule has 0 aromatic heterocycles. The topological polar surface area (TPSA) is 78.2 Å². The van der Waals surface area contributed by atoms with Gasteiger partial charge in [-0.2, -0.15) is 0 Å². The minimum absolute atomic E-state index is 0.0303. The number of nitrogens with one attached hydrogen (secondary N) is 3. The van der Waals surface area contributed by atoms with Crippen LogP contribution in [0.1, 0.15) is 47.2 Å². The van der Waals surface area contributed by atoms with Crippen LogP contribution in [0.3, 0.4) is 0 Å². The van der Waals surface area contributed by atoms with E-state index in [4.69, 9.17) is 21.7 Å². The average molecular weight is 338 g/mol. The maximum atomic E-state index is 8.57. The average Bonchev–Trinajstić information content (AvgIpc) is 3.08. The molecule has 2 atom stereocenters. The molecule has 3 rings (SSSR count). The van der Waals surface area contributed by atoms with Gasteiger partial charge in [0.2, 0.25) is 11.8 Å². The Morgan fingerprint density at radius 2 is 1.20 bits per heavy atom. The predicted molar refractivity (Wildman–Crippen MR) is 98.4 cm³/mol. The molecule has 5 nitrogen and oxygen atoms in total. The van der Waals surface area contributed by atoms with Crippen molar-refractivity contribution in [2.45, 2.75) is 24.9 Å². The fourth-order valence-corrected chi connectivity index (χ4v) is 3.14. The van der Waals surface area contributed by atoms with Gasteiger partial charge >= 0.3 is 0 Å². The highest BCUT2D eigenvalue weighted by molar-refractivity contribution is 5.91. The van der Waals surface area contributed by atoms with E-state index in [2.05, 4.69) is 0 Å². The Hall–Kier alpha value is -2.66. The molecule has 2 aromatic carbocycles. The third kappa shape index (κ3) is 3.72. The van der Waals surface area contributed by atoms with E-state index in [1.807, 2.05) is 48.5 Å². The summed E-state index contributed by atoms with van der Waals surface area (Å²) in [6.07, 6.45) is 1.82. The lowest BCUT2D eigenvalue weighted by molar-refractivity contribution is 0.401. The molecule has 130 valence electrons. The second-order valence-electron chi connectivity index (χ2n) is 6.07. The lowest BCUT2D eigenvalue weighted by atomic mass is 10.0. The normalized spacial score (nSPS) is 20.8. The number of hydrogen-bond acceptors (Lipinski definition) is 5. The van der Waals surface area contributed by atoms with Crippen LogP contribution in [-0.2, 0) is 9.47 Å². The molecule has 0 spiro atoms. The Balaban J connectivity index is 1.74. The Kier molecular flexibility index (Phi) is 4.74. The van der Waals surface area contributed by atoms with Gasteiger partial charge in [0, 0.05) is 23.2 Å². The standard InChI is InChI=1S/C20H23N3O2/c1-24-19(21)15-7-3-13(4-8-15)17-11-12-18(23-17)14-5-9-16(10-6-14)20(22)25-2/h3-10,17-18,21-23H,11-12H2,1-2H3/i/hD. The SMILES string of the molecule is [2H]N1C(c2ccc(C(=N)OC)cc2)CCC1c1ccc(C(=N)OC)cc1. The van der Waals surface area contributed by atoms with Crippen molar-refractivity contribution in [2.24, 2.45) is 0 Å². The molecule has 5 heteroatoms. The van der Waals surface area contributed by atoms with Gasteiger partial charge in [-0.15, -0.1) is 0 Å². The molecule has 1 aliphatic rings. The summed E-state index contributed by atoms with van der Waals surface area (Å²) in [6, 6.07) is 15.4. The minimum Gasteiger partial charge on any atom is -0.481 e. The number of methoxy groups -OCH3 is 2. The van der Waals surface area contributed by atoms with E-state index in [0.29, 0.717) is 0 Å². The zero-order valence-electron chi connectivity index (χ0n) is 15.5. The van der Waals surface area contributed by atoms with Crippen molar-refractivity contribution in [2.75, 3.05) is 14.2 Å². The van der Waals surface area contributed by atoms with Gasteiger partial charge in [0.05, 0.1) is 14.2 Å². The van der Waals surface area contributed by atoms with Crippen LogP contribution in [-0.4, -0.2) is 26.0 Å². The van der Waals surface area contributed by atoms with Crippen LogP contribution in [0, 0.1) is 10.8 Å². The highest BCUT2D eigenvalue weighted by Crippen LogP contribution is 2.34. The van der Waals surface area contributed by atoms with Crippen LogP contribution in [0.4, 0.5) is 0 Å². The van der Waals surface area contributed by atoms with Gasteiger partial charge in [0.15, 0.2) is 0 Å². The summed E-state index contributed by atoms with van der Waals surface area (Å²) in [5.41, 5.74) is 3.62. The molecule has 1 fully saturated rings. The van der Waals surface area contributed by atoms with E-state index >= 15 is 0 Å². The fraction of sp³-hybridized carbons (Fsp3) is 0.300. The highest BCUT2D eigenvalue weighted by Gasteiger charge is 2.26. The lowest BCUT2D eigenvalue weighted by Gasteiger charge is -2.16. The van der Waals surface area contributed by atoms with Crippen LogP contribution in [0.25, 0.3) is 0 Å². The zero-order chi connectivity index (χ0) is 18.7. The van der Waals surface area contributed by atoms with Gasteiger partial charge in [0.1, 0.15) is 1.41 Å². The quantitative estimate of drug-likeness (QED) is 0.586. The summed E-state index contributed by atoms with van der Waals surface area (Å²) >= 11 is 0. The van der Waals surface area contributed by atoms with E-state index in [1.165, 1.54) is 14.2 Å². The summed E-state index contributed by atoms with van der Waals surface area (Å²) in [5, 5.41) is 17.1. The van der Waals surface area contributed by atoms with Gasteiger partial charge in [-0.1, -0.05) is 24.3 Å². The number of benzene rings is 2. The van der Waals surface area contributed by atoms with Gasteiger partial charge in [-0.05, 0) is 48.2 Å². The van der Waals surface area contributed by atoms with Crippen molar-refractivity contribution in [3.63, 3.8) is 0 Å². The molecule has 0 amide bonds. The highest BCUT2D eigenvalue weighted by atomic mass is 16.5. The smallest absolute Gasteiger partial charge is 0.212 e.